The number of esters is 1. The first kappa shape index (κ1) is 19.8. The van der Waals surface area contributed by atoms with Gasteiger partial charge in [0, 0.05) is 22.5 Å². The Morgan fingerprint density at radius 2 is 1.73 bits per heavy atom. The Morgan fingerprint density at radius 1 is 1.00 bits per heavy atom. The molecule has 0 saturated carbocycles. The number of hydrogen-bond donors (Lipinski definition) is 0. The molecular weight excluding hydrogens is 448 g/mol. The fourth-order valence-corrected chi connectivity index (χ4v) is 3.38. The van der Waals surface area contributed by atoms with Gasteiger partial charge in [-0.05, 0) is 48.5 Å². The second-order valence-electron chi connectivity index (χ2n) is 6.57. The minimum absolute atomic E-state index is 0.233. The van der Waals surface area contributed by atoms with Crippen molar-refractivity contribution < 1.29 is 19.1 Å². The lowest BCUT2D eigenvalue weighted by atomic mass is 10.2. The van der Waals surface area contributed by atoms with Crippen molar-refractivity contribution in [1.82, 2.24) is 5.01 Å². The minimum Gasteiger partial charge on any atom is -0.446 e. The fourth-order valence-electron chi connectivity index (χ4n) is 2.97. The zero-order valence-corrected chi connectivity index (χ0v) is 17.6. The van der Waals surface area contributed by atoms with Gasteiger partial charge in [0.05, 0.1) is 5.56 Å². The van der Waals surface area contributed by atoms with E-state index in [1.807, 2.05) is 30.3 Å². The highest BCUT2D eigenvalue weighted by atomic mass is 79.9. The van der Waals surface area contributed by atoms with E-state index in [0.29, 0.717) is 22.8 Å². The van der Waals surface area contributed by atoms with Gasteiger partial charge in [0.1, 0.15) is 5.75 Å². The second kappa shape index (κ2) is 8.51. The number of benzene rings is 3. The molecule has 0 N–H and O–H groups in total. The van der Waals surface area contributed by atoms with Crippen LogP contribution in [0.3, 0.4) is 0 Å². The Hall–Kier alpha value is -3.45. The summed E-state index contributed by atoms with van der Waals surface area (Å²) in [7, 11) is 0. The molecule has 7 heteroatoms. The van der Waals surface area contributed by atoms with E-state index in [1.165, 1.54) is 11.9 Å². The third-order valence-corrected chi connectivity index (χ3v) is 4.91. The smallest absolute Gasteiger partial charge is 0.343 e. The molecule has 1 unspecified atom stereocenters. The summed E-state index contributed by atoms with van der Waals surface area (Å²) in [6.07, 6.45) is -0.648. The van der Waals surface area contributed by atoms with Gasteiger partial charge in [-0.15, -0.1) is 5.10 Å². The van der Waals surface area contributed by atoms with Crippen LogP contribution < -0.4 is 4.74 Å². The van der Waals surface area contributed by atoms with Crippen LogP contribution in [-0.4, -0.2) is 22.8 Å². The molecular formula is C23H17BrN2O4. The van der Waals surface area contributed by atoms with Gasteiger partial charge in [-0.1, -0.05) is 46.3 Å². The van der Waals surface area contributed by atoms with Crippen LogP contribution in [0.15, 0.2) is 88.4 Å². The Bertz CT molecular complexity index is 1110. The summed E-state index contributed by atoms with van der Waals surface area (Å²) in [5, 5.41) is 5.64. The number of nitrogens with zero attached hydrogens (tertiary/aromatic N) is 2. The fraction of sp³-hybridized carbons (Fsp3) is 0.0870. The maximum absolute atomic E-state index is 12.2. The SMILES string of the molecule is CC(=O)N1N=C(c2ccc(OC(=O)c3ccccc3)cc2)OC1c1cccc(Br)c1. The second-order valence-corrected chi connectivity index (χ2v) is 7.49. The van der Waals surface area contributed by atoms with Gasteiger partial charge in [0.25, 0.3) is 0 Å². The number of rotatable bonds is 4. The quantitative estimate of drug-likeness (QED) is 0.406. The van der Waals surface area contributed by atoms with E-state index in [1.54, 1.807) is 48.5 Å². The van der Waals surface area contributed by atoms with Crippen molar-refractivity contribution in [3.63, 3.8) is 0 Å². The average molecular weight is 465 g/mol. The number of amides is 1. The Kier molecular flexibility index (Phi) is 5.63. The Morgan fingerprint density at radius 3 is 2.40 bits per heavy atom. The molecule has 0 fully saturated rings. The molecule has 30 heavy (non-hydrogen) atoms. The normalized spacial score (nSPS) is 15.3. The van der Waals surface area contributed by atoms with Crippen LogP contribution in [0.1, 0.15) is 34.6 Å². The van der Waals surface area contributed by atoms with Crippen LogP contribution in [0.4, 0.5) is 0 Å². The van der Waals surface area contributed by atoms with Crippen LogP contribution in [0.5, 0.6) is 5.75 Å². The van der Waals surface area contributed by atoms with Crippen molar-refractivity contribution in [3.8, 4) is 5.75 Å². The standard InChI is InChI=1S/C23H17BrN2O4/c1-15(27)26-22(18-8-5-9-19(24)14-18)30-21(25-26)16-10-12-20(13-11-16)29-23(28)17-6-3-2-4-7-17/h2-14,22H,1H3. The van der Waals surface area contributed by atoms with Crippen molar-refractivity contribution in [3.05, 3.63) is 100 Å². The minimum atomic E-state index is -0.648. The third kappa shape index (κ3) is 4.26. The van der Waals surface area contributed by atoms with Crippen LogP contribution >= 0.6 is 15.9 Å². The summed E-state index contributed by atoms with van der Waals surface area (Å²) in [5.41, 5.74) is 1.93. The summed E-state index contributed by atoms with van der Waals surface area (Å²) < 4.78 is 12.3. The number of hydrogen-bond acceptors (Lipinski definition) is 5. The molecule has 1 atom stereocenters. The van der Waals surface area contributed by atoms with E-state index in [0.717, 1.165) is 10.0 Å². The molecule has 150 valence electrons. The summed E-state index contributed by atoms with van der Waals surface area (Å²) in [4.78, 5) is 24.3. The molecule has 0 aromatic heterocycles. The van der Waals surface area contributed by atoms with Crippen LogP contribution in [0, 0.1) is 0 Å². The molecule has 3 aromatic rings. The van der Waals surface area contributed by atoms with E-state index >= 15 is 0 Å². The molecule has 0 bridgehead atoms. The van der Waals surface area contributed by atoms with Gasteiger partial charge in [0.2, 0.25) is 18.0 Å². The lowest BCUT2D eigenvalue weighted by Crippen LogP contribution is -2.25. The van der Waals surface area contributed by atoms with Crippen molar-refractivity contribution in [2.75, 3.05) is 0 Å². The first-order valence-corrected chi connectivity index (χ1v) is 9.99. The maximum atomic E-state index is 12.2. The monoisotopic (exact) mass is 464 g/mol. The topological polar surface area (TPSA) is 68.2 Å². The Labute approximate surface area is 181 Å². The first-order valence-electron chi connectivity index (χ1n) is 9.19. The van der Waals surface area contributed by atoms with Gasteiger partial charge in [-0.25, -0.2) is 4.79 Å². The van der Waals surface area contributed by atoms with E-state index in [9.17, 15) is 9.59 Å². The molecule has 0 radical (unpaired) electrons. The van der Waals surface area contributed by atoms with Gasteiger partial charge in [-0.3, -0.25) is 4.79 Å². The molecule has 3 aromatic carbocycles. The van der Waals surface area contributed by atoms with E-state index in [4.69, 9.17) is 9.47 Å². The van der Waals surface area contributed by atoms with E-state index in [-0.39, 0.29) is 5.91 Å². The summed E-state index contributed by atoms with van der Waals surface area (Å²) in [5.74, 6) is 0.0490. The Balaban J connectivity index is 1.52. The molecule has 1 aliphatic rings. The molecule has 1 heterocycles. The maximum Gasteiger partial charge on any atom is 0.343 e. The summed E-state index contributed by atoms with van der Waals surface area (Å²) >= 11 is 3.43. The average Bonchev–Trinajstić information content (AvgIpc) is 3.21. The predicted molar refractivity (Wildman–Crippen MR) is 115 cm³/mol. The number of carbonyl (C=O) groups is 2. The molecule has 0 spiro atoms. The third-order valence-electron chi connectivity index (χ3n) is 4.42. The number of hydrazone groups is 1. The van der Waals surface area contributed by atoms with Crippen LogP contribution in [-0.2, 0) is 9.53 Å². The number of ether oxygens (including phenoxy) is 2. The lowest BCUT2D eigenvalue weighted by molar-refractivity contribution is -0.135. The van der Waals surface area contributed by atoms with Crippen LogP contribution in [0.2, 0.25) is 0 Å². The zero-order valence-electron chi connectivity index (χ0n) is 16.0. The molecule has 1 amide bonds. The molecule has 1 aliphatic heterocycles. The van der Waals surface area contributed by atoms with Crippen molar-refractivity contribution in [2.24, 2.45) is 5.10 Å². The molecule has 0 saturated heterocycles. The van der Waals surface area contributed by atoms with Crippen molar-refractivity contribution in [1.29, 1.82) is 0 Å². The lowest BCUT2D eigenvalue weighted by Gasteiger charge is -2.19. The van der Waals surface area contributed by atoms with Gasteiger partial charge in [0.15, 0.2) is 0 Å². The highest BCUT2D eigenvalue weighted by Crippen LogP contribution is 2.31. The van der Waals surface area contributed by atoms with Gasteiger partial charge >= 0.3 is 5.97 Å². The highest BCUT2D eigenvalue weighted by molar-refractivity contribution is 9.10. The summed E-state index contributed by atoms with van der Waals surface area (Å²) in [6.45, 7) is 1.44. The van der Waals surface area contributed by atoms with E-state index in [2.05, 4.69) is 21.0 Å². The van der Waals surface area contributed by atoms with Crippen molar-refractivity contribution in [2.45, 2.75) is 13.2 Å². The first-order chi connectivity index (χ1) is 14.5. The summed E-state index contributed by atoms with van der Waals surface area (Å²) in [6, 6.07) is 23.1. The largest absolute Gasteiger partial charge is 0.446 e. The van der Waals surface area contributed by atoms with Crippen LogP contribution in [0.25, 0.3) is 0 Å². The highest BCUT2D eigenvalue weighted by Gasteiger charge is 2.33. The molecule has 6 nitrogen and oxygen atoms in total. The van der Waals surface area contributed by atoms with Crippen molar-refractivity contribution >= 4 is 33.7 Å². The van der Waals surface area contributed by atoms with Gasteiger partial charge in [-0.2, -0.15) is 5.01 Å². The van der Waals surface area contributed by atoms with E-state index < -0.39 is 12.2 Å². The molecule has 4 rings (SSSR count). The zero-order chi connectivity index (χ0) is 21.1. The van der Waals surface area contributed by atoms with Gasteiger partial charge < -0.3 is 9.47 Å². The predicted octanol–water partition coefficient (Wildman–Crippen LogP) is 4.91. The number of halogens is 1. The number of carbonyl (C=O) groups excluding carboxylic acids is 2. The molecule has 0 aliphatic carbocycles.